The Bertz CT molecular complexity index is 991. The van der Waals surface area contributed by atoms with Gasteiger partial charge in [0.05, 0.1) is 17.3 Å². The molecule has 170 valence electrons. The minimum absolute atomic E-state index is 0.149. The molecule has 2 heterocycles. The van der Waals surface area contributed by atoms with Crippen LogP contribution in [-0.2, 0) is 16.6 Å². The molecule has 0 bridgehead atoms. The van der Waals surface area contributed by atoms with Crippen molar-refractivity contribution in [3.05, 3.63) is 42.5 Å². The fourth-order valence-electron chi connectivity index (χ4n) is 3.67. The van der Waals surface area contributed by atoms with Gasteiger partial charge in [-0.1, -0.05) is 33.3 Å². The van der Waals surface area contributed by atoms with Gasteiger partial charge >= 0.3 is 6.03 Å². The van der Waals surface area contributed by atoms with Crippen LogP contribution in [0.5, 0.6) is 0 Å². The number of hydrogen-bond acceptors (Lipinski definition) is 4. The van der Waals surface area contributed by atoms with E-state index in [2.05, 4.69) is 36.4 Å². The van der Waals surface area contributed by atoms with Gasteiger partial charge in [0.2, 0.25) is 10.0 Å². The van der Waals surface area contributed by atoms with Crippen LogP contribution in [0.4, 0.5) is 10.5 Å². The molecule has 1 atom stereocenters. The number of carbonyl (C=O) groups excluding carboxylic acids is 1. The lowest BCUT2D eigenvalue weighted by atomic mass is 9.86. The van der Waals surface area contributed by atoms with Gasteiger partial charge in [0.15, 0.2) is 0 Å². The van der Waals surface area contributed by atoms with E-state index in [4.69, 9.17) is 0 Å². The number of rotatable bonds is 6. The summed E-state index contributed by atoms with van der Waals surface area (Å²) in [6.45, 7) is 9.63. The van der Waals surface area contributed by atoms with Gasteiger partial charge in [-0.25, -0.2) is 18.2 Å². The Morgan fingerprint density at radius 2 is 1.90 bits per heavy atom. The Morgan fingerprint density at radius 3 is 2.52 bits per heavy atom. The molecule has 0 spiro atoms. The predicted molar refractivity (Wildman–Crippen MR) is 121 cm³/mol. The van der Waals surface area contributed by atoms with Gasteiger partial charge in [0.1, 0.15) is 0 Å². The number of piperidine rings is 1. The molecule has 1 fully saturated rings. The third-order valence-corrected chi connectivity index (χ3v) is 7.72. The van der Waals surface area contributed by atoms with Crippen molar-refractivity contribution in [1.29, 1.82) is 0 Å². The lowest BCUT2D eigenvalue weighted by molar-refractivity contribution is 0.218. The van der Waals surface area contributed by atoms with E-state index in [1.165, 1.54) is 0 Å². The summed E-state index contributed by atoms with van der Waals surface area (Å²) in [7, 11) is -3.58. The van der Waals surface area contributed by atoms with E-state index in [-0.39, 0.29) is 22.4 Å². The third-order valence-electron chi connectivity index (χ3n) is 5.68. The van der Waals surface area contributed by atoms with E-state index in [9.17, 15) is 13.2 Å². The summed E-state index contributed by atoms with van der Waals surface area (Å²) >= 11 is 0. The van der Waals surface area contributed by atoms with Crippen molar-refractivity contribution in [3.63, 3.8) is 0 Å². The minimum Gasteiger partial charge on any atom is -0.335 e. The van der Waals surface area contributed by atoms with Gasteiger partial charge in [-0.15, -0.1) is 0 Å². The maximum Gasteiger partial charge on any atom is 0.319 e. The van der Waals surface area contributed by atoms with Gasteiger partial charge in [-0.3, -0.25) is 0 Å². The van der Waals surface area contributed by atoms with Crippen molar-refractivity contribution >= 4 is 21.7 Å². The molecule has 0 saturated carbocycles. The van der Waals surface area contributed by atoms with Crippen LogP contribution in [0.3, 0.4) is 0 Å². The Morgan fingerprint density at radius 1 is 1.19 bits per heavy atom. The number of aromatic nitrogens is 2. The fourth-order valence-corrected chi connectivity index (χ4v) is 5.43. The van der Waals surface area contributed by atoms with Crippen molar-refractivity contribution in [3.8, 4) is 0 Å². The van der Waals surface area contributed by atoms with E-state index in [1.807, 2.05) is 10.8 Å². The van der Waals surface area contributed by atoms with Crippen LogP contribution < -0.4 is 10.6 Å². The molecule has 1 aliphatic heterocycles. The number of anilines is 1. The SMILES string of the molecule is Cc1ccc(NC(=O)NC(Cn2ccnc2)C(C)(C)C)cc1S(=O)(=O)N1CCCCC1. The van der Waals surface area contributed by atoms with Crippen LogP contribution in [-0.4, -0.2) is 47.4 Å². The second-order valence-electron chi connectivity index (χ2n) is 9.22. The largest absolute Gasteiger partial charge is 0.335 e. The molecule has 0 radical (unpaired) electrons. The molecule has 1 aromatic heterocycles. The van der Waals surface area contributed by atoms with E-state index in [0.29, 0.717) is 30.9 Å². The highest BCUT2D eigenvalue weighted by Crippen LogP contribution is 2.26. The second kappa shape index (κ2) is 9.40. The van der Waals surface area contributed by atoms with E-state index in [1.54, 1.807) is 42.0 Å². The molecule has 2 aromatic rings. The molecule has 1 aliphatic rings. The monoisotopic (exact) mass is 447 g/mol. The maximum absolute atomic E-state index is 13.1. The molecular formula is C22H33N5O3S. The van der Waals surface area contributed by atoms with Crippen molar-refractivity contribution in [2.24, 2.45) is 5.41 Å². The van der Waals surface area contributed by atoms with Crippen LogP contribution in [0.15, 0.2) is 41.8 Å². The Hall–Kier alpha value is -2.39. The zero-order valence-electron chi connectivity index (χ0n) is 18.8. The molecule has 1 saturated heterocycles. The first-order valence-electron chi connectivity index (χ1n) is 10.7. The Kier molecular flexibility index (Phi) is 7.06. The molecule has 2 N–H and O–H groups in total. The van der Waals surface area contributed by atoms with Crippen molar-refractivity contribution < 1.29 is 13.2 Å². The molecular weight excluding hydrogens is 414 g/mol. The lowest BCUT2D eigenvalue weighted by Gasteiger charge is -2.31. The summed E-state index contributed by atoms with van der Waals surface area (Å²) in [5, 5.41) is 5.83. The van der Waals surface area contributed by atoms with Crippen LogP contribution in [0.1, 0.15) is 45.6 Å². The normalized spacial score (nSPS) is 16.6. The average molecular weight is 448 g/mol. The Balaban J connectivity index is 1.74. The zero-order valence-corrected chi connectivity index (χ0v) is 19.6. The number of nitrogens with zero attached hydrogens (tertiary/aromatic N) is 3. The molecule has 31 heavy (non-hydrogen) atoms. The molecule has 3 rings (SSSR count). The molecule has 8 nitrogen and oxygen atoms in total. The summed E-state index contributed by atoms with van der Waals surface area (Å²) in [6.07, 6.45) is 8.09. The number of aryl methyl sites for hydroxylation is 1. The first kappa shape index (κ1) is 23.3. The summed E-state index contributed by atoms with van der Waals surface area (Å²) in [6, 6.07) is 4.50. The van der Waals surface area contributed by atoms with Crippen LogP contribution >= 0.6 is 0 Å². The third kappa shape index (κ3) is 5.86. The standard InChI is InChI=1S/C22H33N5O3S/c1-17-8-9-18(14-19(17)31(29,30)27-11-6-5-7-12-27)24-21(28)25-20(22(2,3)4)15-26-13-10-23-16-26/h8-10,13-14,16,20H,5-7,11-12,15H2,1-4H3,(H2,24,25,28). The van der Waals surface area contributed by atoms with E-state index in [0.717, 1.165) is 19.3 Å². The summed E-state index contributed by atoms with van der Waals surface area (Å²) in [5.41, 5.74) is 0.940. The quantitative estimate of drug-likeness (QED) is 0.707. The number of nitrogens with one attached hydrogen (secondary N) is 2. The highest BCUT2D eigenvalue weighted by molar-refractivity contribution is 7.89. The van der Waals surface area contributed by atoms with Gasteiger partial charge in [0, 0.05) is 37.7 Å². The molecule has 2 amide bonds. The highest BCUT2D eigenvalue weighted by atomic mass is 32.2. The summed E-state index contributed by atoms with van der Waals surface area (Å²) in [5.74, 6) is 0. The van der Waals surface area contributed by atoms with Crippen molar-refractivity contribution in [1.82, 2.24) is 19.2 Å². The Labute approximate surface area is 185 Å². The first-order valence-corrected chi connectivity index (χ1v) is 12.2. The fraction of sp³-hybridized carbons (Fsp3) is 0.545. The zero-order chi connectivity index (χ0) is 22.6. The van der Waals surface area contributed by atoms with Crippen LogP contribution in [0, 0.1) is 12.3 Å². The van der Waals surface area contributed by atoms with E-state index >= 15 is 0 Å². The number of imidazole rings is 1. The second-order valence-corrected chi connectivity index (χ2v) is 11.1. The minimum atomic E-state index is -3.58. The number of hydrogen-bond donors (Lipinski definition) is 2. The number of sulfonamides is 1. The van der Waals surface area contributed by atoms with Crippen LogP contribution in [0.2, 0.25) is 0 Å². The smallest absolute Gasteiger partial charge is 0.319 e. The van der Waals surface area contributed by atoms with Gasteiger partial charge in [0.25, 0.3) is 0 Å². The van der Waals surface area contributed by atoms with Gasteiger partial charge in [-0.05, 0) is 42.9 Å². The molecule has 1 aromatic carbocycles. The summed E-state index contributed by atoms with van der Waals surface area (Å²) < 4.78 is 29.7. The number of benzene rings is 1. The number of amides is 2. The molecule has 0 aliphatic carbocycles. The lowest BCUT2D eigenvalue weighted by Crippen LogP contribution is -2.47. The molecule has 1 unspecified atom stereocenters. The summed E-state index contributed by atoms with van der Waals surface area (Å²) in [4.78, 5) is 17.0. The first-order chi connectivity index (χ1) is 14.6. The highest BCUT2D eigenvalue weighted by Gasteiger charge is 2.29. The topological polar surface area (TPSA) is 96.3 Å². The van der Waals surface area contributed by atoms with Crippen molar-refractivity contribution in [2.45, 2.75) is 64.4 Å². The van der Waals surface area contributed by atoms with Crippen molar-refractivity contribution in [2.75, 3.05) is 18.4 Å². The van der Waals surface area contributed by atoms with Gasteiger partial charge < -0.3 is 15.2 Å². The number of urea groups is 1. The molecule has 9 heteroatoms. The average Bonchev–Trinajstić information content (AvgIpc) is 3.22. The van der Waals surface area contributed by atoms with Gasteiger partial charge in [-0.2, -0.15) is 4.31 Å². The van der Waals surface area contributed by atoms with E-state index < -0.39 is 10.0 Å². The predicted octanol–water partition coefficient (Wildman–Crippen LogP) is 3.60. The van der Waals surface area contributed by atoms with Crippen LogP contribution in [0.25, 0.3) is 0 Å². The maximum atomic E-state index is 13.1. The number of carbonyl (C=O) groups is 1.